The van der Waals surface area contributed by atoms with Crippen molar-refractivity contribution in [1.29, 1.82) is 0 Å². The van der Waals surface area contributed by atoms with Crippen LogP contribution in [0.1, 0.15) is 46.7 Å². The Morgan fingerprint density at radius 3 is 2.09 bits per heavy atom. The molecule has 0 spiro atoms. The van der Waals surface area contributed by atoms with E-state index in [1.54, 1.807) is 4.68 Å². The standard InChI is InChI=1S/C27H34N6O2/c1-19-17-20(2)29-27(28-19)33-22(4)24(21(3)30-33)18-26(35)32-15-13-31(14-16-32)25(34)12-8-11-23-9-6-5-7-10-23/h5-7,9-10,17H,8,11-16,18H2,1-4H3. The SMILES string of the molecule is Cc1cc(C)nc(-n2nc(C)c(CC(=O)N3CCN(C(=O)CCCc4ccccc4)CC3)c2C)n1. The Bertz CT molecular complexity index is 1180. The summed E-state index contributed by atoms with van der Waals surface area (Å²) >= 11 is 0. The van der Waals surface area contributed by atoms with Crippen LogP contribution in [-0.4, -0.2) is 67.5 Å². The highest BCUT2D eigenvalue weighted by Gasteiger charge is 2.26. The Morgan fingerprint density at radius 1 is 0.857 bits per heavy atom. The summed E-state index contributed by atoms with van der Waals surface area (Å²) in [6, 6.07) is 12.2. The van der Waals surface area contributed by atoms with Gasteiger partial charge in [-0.15, -0.1) is 0 Å². The van der Waals surface area contributed by atoms with Crippen LogP contribution in [0.5, 0.6) is 0 Å². The second-order valence-electron chi connectivity index (χ2n) is 9.29. The summed E-state index contributed by atoms with van der Waals surface area (Å²) < 4.78 is 1.73. The number of aryl methyl sites for hydroxylation is 4. The fourth-order valence-corrected chi connectivity index (χ4v) is 4.64. The second-order valence-corrected chi connectivity index (χ2v) is 9.29. The van der Waals surface area contributed by atoms with E-state index in [0.717, 1.165) is 41.2 Å². The third-order valence-electron chi connectivity index (χ3n) is 6.61. The highest BCUT2D eigenvalue weighted by molar-refractivity contribution is 5.80. The van der Waals surface area contributed by atoms with Crippen LogP contribution in [0, 0.1) is 27.7 Å². The van der Waals surface area contributed by atoms with Gasteiger partial charge >= 0.3 is 0 Å². The number of piperazine rings is 1. The van der Waals surface area contributed by atoms with Crippen LogP contribution in [0.3, 0.4) is 0 Å². The van der Waals surface area contributed by atoms with E-state index in [2.05, 4.69) is 27.2 Å². The molecule has 0 bridgehead atoms. The van der Waals surface area contributed by atoms with E-state index in [0.29, 0.717) is 38.5 Å². The van der Waals surface area contributed by atoms with Crippen molar-refractivity contribution in [3.8, 4) is 5.95 Å². The van der Waals surface area contributed by atoms with Crippen LogP contribution < -0.4 is 0 Å². The van der Waals surface area contributed by atoms with E-state index in [1.807, 2.05) is 61.8 Å². The third kappa shape index (κ3) is 5.93. The zero-order valence-corrected chi connectivity index (χ0v) is 21.1. The Hall–Kier alpha value is -3.55. The smallest absolute Gasteiger partial charge is 0.251 e. The van der Waals surface area contributed by atoms with Gasteiger partial charge in [-0.25, -0.2) is 14.6 Å². The van der Waals surface area contributed by atoms with Crippen LogP contribution in [0.25, 0.3) is 5.95 Å². The van der Waals surface area contributed by atoms with Crippen molar-refractivity contribution in [2.75, 3.05) is 26.2 Å². The van der Waals surface area contributed by atoms with Crippen LogP contribution >= 0.6 is 0 Å². The molecular formula is C27H34N6O2. The van der Waals surface area contributed by atoms with Crippen molar-refractivity contribution >= 4 is 11.8 Å². The average Bonchev–Trinajstić information content (AvgIpc) is 3.12. The lowest BCUT2D eigenvalue weighted by Gasteiger charge is -2.35. The monoisotopic (exact) mass is 474 g/mol. The summed E-state index contributed by atoms with van der Waals surface area (Å²) in [5.41, 5.74) is 5.63. The van der Waals surface area contributed by atoms with Crippen molar-refractivity contribution in [2.24, 2.45) is 0 Å². The minimum Gasteiger partial charge on any atom is -0.339 e. The van der Waals surface area contributed by atoms with E-state index in [4.69, 9.17) is 0 Å². The average molecular weight is 475 g/mol. The lowest BCUT2D eigenvalue weighted by atomic mass is 10.1. The van der Waals surface area contributed by atoms with Gasteiger partial charge in [-0.1, -0.05) is 30.3 Å². The second kappa shape index (κ2) is 10.8. The largest absolute Gasteiger partial charge is 0.339 e. The van der Waals surface area contributed by atoms with E-state index >= 15 is 0 Å². The first-order valence-electron chi connectivity index (χ1n) is 12.3. The maximum absolute atomic E-state index is 13.1. The zero-order chi connectivity index (χ0) is 24.9. The van der Waals surface area contributed by atoms with Crippen molar-refractivity contribution < 1.29 is 9.59 Å². The molecule has 1 saturated heterocycles. The number of carbonyl (C=O) groups is 2. The molecule has 0 unspecified atom stereocenters. The molecule has 2 aromatic heterocycles. The zero-order valence-electron chi connectivity index (χ0n) is 21.1. The van der Waals surface area contributed by atoms with E-state index in [9.17, 15) is 9.59 Å². The number of carbonyl (C=O) groups excluding carboxylic acids is 2. The third-order valence-corrected chi connectivity index (χ3v) is 6.61. The number of rotatable bonds is 7. The molecule has 1 aliphatic heterocycles. The van der Waals surface area contributed by atoms with E-state index < -0.39 is 0 Å². The molecule has 0 N–H and O–H groups in total. The van der Waals surface area contributed by atoms with Crippen LogP contribution in [0.4, 0.5) is 0 Å². The van der Waals surface area contributed by atoms with Gasteiger partial charge in [0, 0.05) is 55.2 Å². The molecule has 4 rings (SSSR count). The first-order chi connectivity index (χ1) is 16.8. The molecule has 1 aliphatic rings. The lowest BCUT2D eigenvalue weighted by Crippen LogP contribution is -2.51. The van der Waals surface area contributed by atoms with Crippen molar-refractivity contribution in [2.45, 2.75) is 53.4 Å². The molecule has 8 heteroatoms. The number of amides is 2. The summed E-state index contributed by atoms with van der Waals surface area (Å²) in [5, 5.41) is 4.61. The molecule has 1 aromatic carbocycles. The molecule has 3 heterocycles. The molecule has 0 saturated carbocycles. The number of aromatic nitrogens is 4. The van der Waals surface area contributed by atoms with Gasteiger partial charge in [0.15, 0.2) is 0 Å². The minimum absolute atomic E-state index is 0.0632. The Kier molecular flexibility index (Phi) is 7.58. The highest BCUT2D eigenvalue weighted by atomic mass is 16.2. The van der Waals surface area contributed by atoms with E-state index in [1.165, 1.54) is 5.56 Å². The molecule has 1 fully saturated rings. The molecule has 0 radical (unpaired) electrons. The van der Waals surface area contributed by atoms with Gasteiger partial charge in [0.25, 0.3) is 5.95 Å². The fraction of sp³-hybridized carbons (Fsp3) is 0.444. The minimum atomic E-state index is 0.0632. The normalized spacial score (nSPS) is 13.8. The van der Waals surface area contributed by atoms with Crippen LogP contribution in [0.15, 0.2) is 36.4 Å². The summed E-state index contributed by atoms with van der Waals surface area (Å²) in [7, 11) is 0. The van der Waals surface area contributed by atoms with Crippen LogP contribution in [-0.2, 0) is 22.4 Å². The molecule has 184 valence electrons. The summed E-state index contributed by atoms with van der Waals surface area (Å²) in [6.45, 7) is 10.0. The van der Waals surface area contributed by atoms with Gasteiger partial charge in [0.1, 0.15) is 0 Å². The van der Waals surface area contributed by atoms with Gasteiger partial charge in [0.05, 0.1) is 12.1 Å². The van der Waals surface area contributed by atoms with Crippen LogP contribution in [0.2, 0.25) is 0 Å². The topological polar surface area (TPSA) is 84.2 Å². The first kappa shape index (κ1) is 24.6. The molecule has 3 aromatic rings. The lowest BCUT2D eigenvalue weighted by molar-refractivity contribution is -0.139. The van der Waals surface area contributed by atoms with Crippen molar-refractivity contribution in [1.82, 2.24) is 29.5 Å². The van der Waals surface area contributed by atoms with Gasteiger partial charge in [-0.2, -0.15) is 5.10 Å². The summed E-state index contributed by atoms with van der Waals surface area (Å²) in [4.78, 5) is 38.5. The van der Waals surface area contributed by atoms with Crippen molar-refractivity contribution in [3.63, 3.8) is 0 Å². The molecule has 35 heavy (non-hydrogen) atoms. The Balaban J connectivity index is 1.30. The van der Waals surface area contributed by atoms with Gasteiger partial charge in [-0.3, -0.25) is 9.59 Å². The number of nitrogens with zero attached hydrogens (tertiary/aromatic N) is 6. The first-order valence-corrected chi connectivity index (χ1v) is 12.3. The quantitative estimate of drug-likeness (QED) is 0.525. The maximum Gasteiger partial charge on any atom is 0.251 e. The predicted octanol–water partition coefficient (Wildman–Crippen LogP) is 3.13. The Morgan fingerprint density at radius 2 is 1.46 bits per heavy atom. The number of hydrogen-bond donors (Lipinski definition) is 0. The molecule has 0 aliphatic carbocycles. The summed E-state index contributed by atoms with van der Waals surface area (Å²) in [5.74, 6) is 0.768. The number of hydrogen-bond acceptors (Lipinski definition) is 5. The molecular weight excluding hydrogens is 440 g/mol. The highest BCUT2D eigenvalue weighted by Crippen LogP contribution is 2.19. The van der Waals surface area contributed by atoms with Gasteiger partial charge in [-0.05, 0) is 52.2 Å². The maximum atomic E-state index is 13.1. The predicted molar refractivity (Wildman–Crippen MR) is 134 cm³/mol. The fourth-order valence-electron chi connectivity index (χ4n) is 4.64. The summed E-state index contributed by atoms with van der Waals surface area (Å²) in [6.07, 6.45) is 2.58. The molecule has 2 amide bonds. The molecule has 0 atom stereocenters. The molecule has 8 nitrogen and oxygen atoms in total. The van der Waals surface area contributed by atoms with E-state index in [-0.39, 0.29) is 18.2 Å². The number of benzene rings is 1. The Labute approximate surface area is 207 Å². The van der Waals surface area contributed by atoms with Gasteiger partial charge in [0.2, 0.25) is 11.8 Å². The van der Waals surface area contributed by atoms with Gasteiger partial charge < -0.3 is 9.80 Å². The van der Waals surface area contributed by atoms with Crippen molar-refractivity contribution in [3.05, 3.63) is 70.3 Å².